The number of hydrogen-bond donors (Lipinski definition) is 1. The predicted octanol–water partition coefficient (Wildman–Crippen LogP) is 1.95. The van der Waals surface area contributed by atoms with Gasteiger partial charge in [0.1, 0.15) is 23.1 Å². The van der Waals surface area contributed by atoms with E-state index in [9.17, 15) is 8.78 Å². The number of benzene rings is 1. The third-order valence-corrected chi connectivity index (χ3v) is 2.17. The van der Waals surface area contributed by atoms with Crippen molar-refractivity contribution in [3.05, 3.63) is 36.2 Å². The Labute approximate surface area is 85.2 Å². The first-order valence-corrected chi connectivity index (χ1v) is 4.32. The highest BCUT2D eigenvalue weighted by Crippen LogP contribution is 2.26. The molecule has 2 N–H and O–H groups in total. The summed E-state index contributed by atoms with van der Waals surface area (Å²) in [4.78, 5) is 3.92. The van der Waals surface area contributed by atoms with Crippen molar-refractivity contribution in [3.63, 3.8) is 0 Å². The molecule has 0 spiro atoms. The van der Waals surface area contributed by atoms with Crippen LogP contribution in [0.25, 0.3) is 11.3 Å². The van der Waals surface area contributed by atoms with E-state index >= 15 is 0 Å². The molecule has 2 aromatic rings. The molecule has 0 aliphatic rings. The monoisotopic (exact) mass is 209 g/mol. The number of aryl methyl sites for hydroxylation is 1. The van der Waals surface area contributed by atoms with Gasteiger partial charge in [-0.1, -0.05) is 0 Å². The normalized spacial score (nSPS) is 10.6. The van der Waals surface area contributed by atoms with Crippen LogP contribution in [-0.2, 0) is 7.05 Å². The minimum absolute atomic E-state index is 0.0769. The van der Waals surface area contributed by atoms with Gasteiger partial charge >= 0.3 is 0 Å². The molecule has 0 unspecified atom stereocenters. The summed E-state index contributed by atoms with van der Waals surface area (Å²) < 4.78 is 27.8. The van der Waals surface area contributed by atoms with Crippen LogP contribution in [0.1, 0.15) is 0 Å². The molecule has 5 heteroatoms. The number of anilines is 1. The first kappa shape index (κ1) is 9.64. The van der Waals surface area contributed by atoms with E-state index < -0.39 is 11.6 Å². The smallest absolute Gasteiger partial charge is 0.132 e. The van der Waals surface area contributed by atoms with Crippen molar-refractivity contribution in [2.45, 2.75) is 0 Å². The van der Waals surface area contributed by atoms with E-state index in [1.807, 2.05) is 0 Å². The van der Waals surface area contributed by atoms with Crippen molar-refractivity contribution >= 4 is 5.82 Å². The topological polar surface area (TPSA) is 43.8 Å². The number of halogens is 2. The molecule has 15 heavy (non-hydrogen) atoms. The summed E-state index contributed by atoms with van der Waals surface area (Å²) in [5, 5.41) is 0. The zero-order chi connectivity index (χ0) is 11.0. The summed E-state index contributed by atoms with van der Waals surface area (Å²) in [5.41, 5.74) is 6.00. The number of aromatic nitrogens is 2. The Kier molecular flexibility index (Phi) is 2.15. The van der Waals surface area contributed by atoms with Crippen molar-refractivity contribution in [1.82, 2.24) is 9.55 Å². The van der Waals surface area contributed by atoms with Gasteiger partial charge in [-0.05, 0) is 18.2 Å². The van der Waals surface area contributed by atoms with Gasteiger partial charge in [-0.2, -0.15) is 0 Å². The molecule has 0 fully saturated rings. The molecular weight excluding hydrogens is 200 g/mol. The molecule has 0 amide bonds. The van der Waals surface area contributed by atoms with Crippen LogP contribution in [0.4, 0.5) is 14.6 Å². The summed E-state index contributed by atoms with van der Waals surface area (Å²) in [6.45, 7) is 0. The number of imidazole rings is 1. The maximum Gasteiger partial charge on any atom is 0.132 e. The van der Waals surface area contributed by atoms with Crippen LogP contribution in [0.2, 0.25) is 0 Å². The van der Waals surface area contributed by atoms with Crippen LogP contribution >= 0.6 is 0 Å². The first-order valence-electron chi connectivity index (χ1n) is 4.32. The van der Waals surface area contributed by atoms with E-state index in [0.717, 1.165) is 18.2 Å². The highest BCUT2D eigenvalue weighted by Gasteiger charge is 2.13. The van der Waals surface area contributed by atoms with Gasteiger partial charge < -0.3 is 10.3 Å². The van der Waals surface area contributed by atoms with Crippen molar-refractivity contribution in [2.75, 3.05) is 5.73 Å². The molecule has 1 heterocycles. The summed E-state index contributed by atoms with van der Waals surface area (Å²) in [6.07, 6.45) is 1.45. The maximum absolute atomic E-state index is 13.4. The highest BCUT2D eigenvalue weighted by atomic mass is 19.1. The van der Waals surface area contributed by atoms with Gasteiger partial charge in [-0.3, -0.25) is 0 Å². The van der Waals surface area contributed by atoms with Crippen LogP contribution < -0.4 is 5.73 Å². The Bertz CT molecular complexity index is 505. The lowest BCUT2D eigenvalue weighted by atomic mass is 10.1. The van der Waals surface area contributed by atoms with E-state index in [1.54, 1.807) is 11.6 Å². The molecule has 1 aromatic heterocycles. The Hall–Kier alpha value is -1.91. The fourth-order valence-electron chi connectivity index (χ4n) is 1.33. The number of nitrogens with two attached hydrogens (primary N) is 1. The molecule has 78 valence electrons. The molecule has 0 aliphatic carbocycles. The minimum Gasteiger partial charge on any atom is -0.383 e. The van der Waals surface area contributed by atoms with Gasteiger partial charge in [0.25, 0.3) is 0 Å². The standard InChI is InChI=1S/C10H9F2N3/c1-15-5-14-9(10(15)13)7-4-6(11)2-3-8(7)12/h2-5H,13H2,1H3. The van der Waals surface area contributed by atoms with E-state index in [-0.39, 0.29) is 11.3 Å². The zero-order valence-corrected chi connectivity index (χ0v) is 8.04. The SMILES string of the molecule is Cn1cnc(-c2cc(F)ccc2F)c1N. The summed E-state index contributed by atoms with van der Waals surface area (Å²) in [7, 11) is 1.68. The number of nitrogens with zero attached hydrogens (tertiary/aromatic N) is 2. The fraction of sp³-hybridized carbons (Fsp3) is 0.100. The van der Waals surface area contributed by atoms with Crippen LogP contribution in [0.15, 0.2) is 24.5 Å². The highest BCUT2D eigenvalue weighted by molar-refractivity contribution is 5.70. The average molecular weight is 209 g/mol. The van der Waals surface area contributed by atoms with Crippen LogP contribution in [-0.4, -0.2) is 9.55 Å². The van der Waals surface area contributed by atoms with E-state index in [4.69, 9.17) is 5.73 Å². The molecular formula is C10H9F2N3. The van der Waals surface area contributed by atoms with Gasteiger partial charge in [0.15, 0.2) is 0 Å². The van der Waals surface area contributed by atoms with Gasteiger partial charge in [-0.15, -0.1) is 0 Å². The third kappa shape index (κ3) is 1.56. The van der Waals surface area contributed by atoms with Crippen molar-refractivity contribution in [1.29, 1.82) is 0 Å². The molecule has 0 bridgehead atoms. The third-order valence-electron chi connectivity index (χ3n) is 2.17. The average Bonchev–Trinajstić information content (AvgIpc) is 2.52. The predicted molar refractivity (Wildman–Crippen MR) is 53.0 cm³/mol. The second-order valence-corrected chi connectivity index (χ2v) is 3.21. The molecule has 0 radical (unpaired) electrons. The molecule has 2 rings (SSSR count). The second-order valence-electron chi connectivity index (χ2n) is 3.21. The number of nitrogen functional groups attached to an aromatic ring is 1. The van der Waals surface area contributed by atoms with Gasteiger partial charge in [-0.25, -0.2) is 13.8 Å². The van der Waals surface area contributed by atoms with E-state index in [0.29, 0.717) is 5.82 Å². The molecule has 0 saturated heterocycles. The maximum atomic E-state index is 13.4. The quantitative estimate of drug-likeness (QED) is 0.780. The molecule has 0 atom stereocenters. The zero-order valence-electron chi connectivity index (χ0n) is 8.04. The van der Waals surface area contributed by atoms with Crippen LogP contribution in [0, 0.1) is 11.6 Å². The van der Waals surface area contributed by atoms with Gasteiger partial charge in [0.05, 0.1) is 6.33 Å². The number of rotatable bonds is 1. The van der Waals surface area contributed by atoms with Crippen molar-refractivity contribution in [2.24, 2.45) is 7.05 Å². The lowest BCUT2D eigenvalue weighted by Gasteiger charge is -2.02. The van der Waals surface area contributed by atoms with E-state index in [2.05, 4.69) is 4.98 Å². The summed E-state index contributed by atoms with van der Waals surface area (Å²) >= 11 is 0. The van der Waals surface area contributed by atoms with Crippen LogP contribution in [0.3, 0.4) is 0 Å². The lowest BCUT2D eigenvalue weighted by Crippen LogP contribution is -1.97. The lowest BCUT2D eigenvalue weighted by molar-refractivity contribution is 0.603. The molecule has 0 aliphatic heterocycles. The largest absolute Gasteiger partial charge is 0.383 e. The van der Waals surface area contributed by atoms with Gasteiger partial charge in [0, 0.05) is 12.6 Å². The molecule has 0 saturated carbocycles. The van der Waals surface area contributed by atoms with Crippen LogP contribution in [0.5, 0.6) is 0 Å². The molecule has 3 nitrogen and oxygen atoms in total. The second kappa shape index (κ2) is 3.34. The summed E-state index contributed by atoms with van der Waals surface area (Å²) in [6, 6.07) is 3.19. The number of hydrogen-bond acceptors (Lipinski definition) is 2. The first-order chi connectivity index (χ1) is 7.09. The fourth-order valence-corrected chi connectivity index (χ4v) is 1.33. The Balaban J connectivity index is 2.63. The van der Waals surface area contributed by atoms with Crippen molar-refractivity contribution in [3.8, 4) is 11.3 Å². The minimum atomic E-state index is -0.540. The Morgan fingerprint density at radius 1 is 1.33 bits per heavy atom. The van der Waals surface area contributed by atoms with Crippen molar-refractivity contribution < 1.29 is 8.78 Å². The van der Waals surface area contributed by atoms with Gasteiger partial charge in [0.2, 0.25) is 0 Å². The molecule has 1 aromatic carbocycles. The van der Waals surface area contributed by atoms with E-state index in [1.165, 1.54) is 6.33 Å². The Morgan fingerprint density at radius 3 is 2.67 bits per heavy atom. The Morgan fingerprint density at radius 2 is 2.07 bits per heavy atom. The summed E-state index contributed by atoms with van der Waals surface area (Å²) in [5.74, 6) is -0.752.